The lowest BCUT2D eigenvalue weighted by Crippen LogP contribution is -2.27. The Kier molecular flexibility index (Phi) is 4.22. The molecule has 3 aromatic rings. The van der Waals surface area contributed by atoms with Crippen molar-refractivity contribution in [3.63, 3.8) is 0 Å². The van der Waals surface area contributed by atoms with Crippen LogP contribution in [-0.2, 0) is 0 Å². The van der Waals surface area contributed by atoms with Crippen molar-refractivity contribution in [1.82, 2.24) is 24.8 Å². The molecule has 0 bridgehead atoms. The molecule has 0 fully saturated rings. The molecule has 6 nitrogen and oxygen atoms in total. The number of imidazole rings is 1. The number of hydrogen-bond acceptors (Lipinski definition) is 5. The molecule has 0 aliphatic carbocycles. The molecule has 0 radical (unpaired) electrons. The number of anilines is 1. The van der Waals surface area contributed by atoms with E-state index in [1.54, 1.807) is 6.33 Å². The third-order valence-corrected chi connectivity index (χ3v) is 3.82. The van der Waals surface area contributed by atoms with Crippen LogP contribution < -0.4 is 5.32 Å². The maximum Gasteiger partial charge on any atom is 0.182 e. The molecule has 0 aliphatic rings. The van der Waals surface area contributed by atoms with Gasteiger partial charge in [0, 0.05) is 11.6 Å². The average molecular weight is 317 g/mol. The van der Waals surface area contributed by atoms with Crippen molar-refractivity contribution in [2.45, 2.75) is 6.04 Å². The fraction of sp³-hybridized carbons (Fsp3) is 0.267. The van der Waals surface area contributed by atoms with Crippen LogP contribution in [0.1, 0.15) is 11.6 Å². The summed E-state index contributed by atoms with van der Waals surface area (Å²) in [6.45, 7) is 0.708. The monoisotopic (exact) mass is 316 g/mol. The second kappa shape index (κ2) is 6.29. The Hall–Kier alpha value is -2.18. The molecule has 0 spiro atoms. The van der Waals surface area contributed by atoms with Gasteiger partial charge in [0.1, 0.15) is 11.8 Å². The zero-order valence-corrected chi connectivity index (χ0v) is 13.2. The summed E-state index contributed by atoms with van der Waals surface area (Å²) in [5.41, 5.74) is 2.67. The van der Waals surface area contributed by atoms with Gasteiger partial charge >= 0.3 is 0 Å². The van der Waals surface area contributed by atoms with Gasteiger partial charge in [-0.25, -0.2) is 15.0 Å². The molecule has 1 atom stereocenters. The van der Waals surface area contributed by atoms with Crippen LogP contribution in [0, 0.1) is 0 Å². The summed E-state index contributed by atoms with van der Waals surface area (Å²) in [5, 5.41) is 4.11. The number of nitrogens with zero attached hydrogens (tertiary/aromatic N) is 4. The Bertz CT molecular complexity index is 752. The third-order valence-electron chi connectivity index (χ3n) is 3.56. The lowest BCUT2D eigenvalue weighted by atomic mass is 10.1. The fourth-order valence-electron chi connectivity index (χ4n) is 2.38. The quantitative estimate of drug-likeness (QED) is 0.757. The van der Waals surface area contributed by atoms with Gasteiger partial charge in [-0.05, 0) is 31.8 Å². The van der Waals surface area contributed by atoms with Crippen LogP contribution in [0.5, 0.6) is 0 Å². The predicted molar refractivity (Wildman–Crippen MR) is 88.1 cm³/mol. The first kappa shape index (κ1) is 14.7. The number of hydrogen-bond donors (Lipinski definition) is 2. The minimum absolute atomic E-state index is 0.199. The molecule has 0 aliphatic heterocycles. The molecule has 2 N–H and O–H groups in total. The van der Waals surface area contributed by atoms with Crippen molar-refractivity contribution >= 4 is 28.6 Å². The van der Waals surface area contributed by atoms with Crippen LogP contribution in [0.15, 0.2) is 36.9 Å². The summed E-state index contributed by atoms with van der Waals surface area (Å²) in [4.78, 5) is 17.7. The summed E-state index contributed by atoms with van der Waals surface area (Å²) in [6.07, 6.45) is 3.13. The van der Waals surface area contributed by atoms with Crippen LogP contribution in [-0.4, -0.2) is 45.5 Å². The number of benzene rings is 1. The molecule has 1 unspecified atom stereocenters. The van der Waals surface area contributed by atoms with Gasteiger partial charge in [-0.2, -0.15) is 0 Å². The van der Waals surface area contributed by atoms with E-state index in [4.69, 9.17) is 11.6 Å². The van der Waals surface area contributed by atoms with E-state index in [-0.39, 0.29) is 6.04 Å². The van der Waals surface area contributed by atoms with Crippen LogP contribution >= 0.6 is 11.6 Å². The van der Waals surface area contributed by atoms with Crippen molar-refractivity contribution in [2.75, 3.05) is 26.0 Å². The average Bonchev–Trinajstić information content (AvgIpc) is 2.98. The first-order valence-electron chi connectivity index (χ1n) is 6.95. The van der Waals surface area contributed by atoms with Crippen molar-refractivity contribution < 1.29 is 0 Å². The lowest BCUT2D eigenvalue weighted by molar-refractivity contribution is 0.311. The topological polar surface area (TPSA) is 69.7 Å². The number of halogens is 1. The highest BCUT2D eigenvalue weighted by atomic mass is 35.5. The number of aromatic amines is 1. The standard InChI is InChI=1S/C15H17ClN6/c1-22(2)12(10-3-5-11(16)6-4-10)7-17-14-13-15(19-8-18-13)21-9-20-14/h3-6,8-9,12H,7H2,1-2H3,(H2,17,18,19,20,21). The minimum atomic E-state index is 0.199. The molecule has 2 aromatic heterocycles. The van der Waals surface area contributed by atoms with Crippen LogP contribution in [0.4, 0.5) is 5.82 Å². The van der Waals surface area contributed by atoms with E-state index >= 15 is 0 Å². The third kappa shape index (κ3) is 3.03. The number of nitrogens with one attached hydrogen (secondary N) is 2. The van der Waals surface area contributed by atoms with Gasteiger partial charge < -0.3 is 15.2 Å². The van der Waals surface area contributed by atoms with Gasteiger partial charge in [0.15, 0.2) is 11.5 Å². The SMILES string of the molecule is CN(C)C(CNc1ncnc2nc[nH]c12)c1ccc(Cl)cc1. The van der Waals surface area contributed by atoms with Crippen molar-refractivity contribution in [3.8, 4) is 0 Å². The molecule has 7 heteroatoms. The summed E-state index contributed by atoms with van der Waals surface area (Å²) in [5.74, 6) is 0.753. The molecule has 114 valence electrons. The van der Waals surface area contributed by atoms with E-state index in [0.29, 0.717) is 12.2 Å². The van der Waals surface area contributed by atoms with Crippen LogP contribution in [0.25, 0.3) is 11.2 Å². The number of H-pyrrole nitrogens is 1. The van der Waals surface area contributed by atoms with Gasteiger partial charge in [0.05, 0.1) is 12.4 Å². The maximum absolute atomic E-state index is 5.96. The summed E-state index contributed by atoms with van der Waals surface area (Å²) < 4.78 is 0. The van der Waals surface area contributed by atoms with E-state index in [0.717, 1.165) is 16.4 Å². The maximum atomic E-state index is 5.96. The van der Waals surface area contributed by atoms with Gasteiger partial charge in [-0.3, -0.25) is 0 Å². The van der Waals surface area contributed by atoms with Crippen molar-refractivity contribution in [1.29, 1.82) is 0 Å². The largest absolute Gasteiger partial charge is 0.366 e. The summed E-state index contributed by atoms with van der Waals surface area (Å²) >= 11 is 5.96. The van der Waals surface area contributed by atoms with Crippen molar-refractivity contribution in [3.05, 3.63) is 47.5 Å². The van der Waals surface area contributed by atoms with Crippen LogP contribution in [0.3, 0.4) is 0 Å². The highest BCUT2D eigenvalue weighted by molar-refractivity contribution is 6.30. The van der Waals surface area contributed by atoms with Gasteiger partial charge in [-0.15, -0.1) is 0 Å². The smallest absolute Gasteiger partial charge is 0.182 e. The summed E-state index contributed by atoms with van der Waals surface area (Å²) in [6, 6.07) is 8.10. The normalized spacial score (nSPS) is 12.7. The molecular weight excluding hydrogens is 300 g/mol. The van der Waals surface area contributed by atoms with E-state index in [2.05, 4.69) is 30.2 Å². The number of likely N-dealkylation sites (N-methyl/N-ethyl adjacent to an activating group) is 1. The second-order valence-electron chi connectivity index (χ2n) is 5.24. The first-order valence-corrected chi connectivity index (χ1v) is 7.33. The fourth-order valence-corrected chi connectivity index (χ4v) is 2.50. The zero-order chi connectivity index (χ0) is 15.5. The Morgan fingerprint density at radius 1 is 1.18 bits per heavy atom. The molecule has 1 aromatic carbocycles. The number of fused-ring (bicyclic) bond motifs is 1. The highest BCUT2D eigenvalue weighted by Gasteiger charge is 2.15. The van der Waals surface area contributed by atoms with Gasteiger partial charge in [-0.1, -0.05) is 23.7 Å². The summed E-state index contributed by atoms with van der Waals surface area (Å²) in [7, 11) is 4.10. The van der Waals surface area contributed by atoms with Crippen LogP contribution in [0.2, 0.25) is 5.02 Å². The van der Waals surface area contributed by atoms with E-state index < -0.39 is 0 Å². The first-order chi connectivity index (χ1) is 10.6. The predicted octanol–water partition coefficient (Wildman–Crippen LogP) is 2.72. The van der Waals surface area contributed by atoms with Gasteiger partial charge in [0.25, 0.3) is 0 Å². The molecule has 2 heterocycles. The Labute approximate surface area is 133 Å². The molecule has 0 saturated heterocycles. The second-order valence-corrected chi connectivity index (χ2v) is 5.67. The van der Waals surface area contributed by atoms with E-state index in [9.17, 15) is 0 Å². The molecule has 3 rings (SSSR count). The van der Waals surface area contributed by atoms with E-state index in [1.165, 1.54) is 11.9 Å². The highest BCUT2D eigenvalue weighted by Crippen LogP contribution is 2.22. The Morgan fingerprint density at radius 2 is 1.95 bits per heavy atom. The Balaban J connectivity index is 1.80. The molecule has 0 amide bonds. The molecule has 0 saturated carbocycles. The number of rotatable bonds is 5. The van der Waals surface area contributed by atoms with E-state index in [1.807, 2.05) is 38.4 Å². The van der Waals surface area contributed by atoms with Crippen molar-refractivity contribution in [2.24, 2.45) is 0 Å². The number of aromatic nitrogens is 4. The van der Waals surface area contributed by atoms with Gasteiger partial charge in [0.2, 0.25) is 0 Å². The molecular formula is C15H17ClN6. The molecule has 22 heavy (non-hydrogen) atoms. The zero-order valence-electron chi connectivity index (χ0n) is 12.4. The Morgan fingerprint density at radius 3 is 2.68 bits per heavy atom. The lowest BCUT2D eigenvalue weighted by Gasteiger charge is -2.25. The minimum Gasteiger partial charge on any atom is -0.366 e.